The summed E-state index contributed by atoms with van der Waals surface area (Å²) in [4.78, 5) is 2.49. The lowest BCUT2D eigenvalue weighted by Gasteiger charge is -2.31. The van der Waals surface area contributed by atoms with Crippen molar-refractivity contribution in [1.82, 2.24) is 0 Å². The maximum Gasteiger partial charge on any atom is 0.0618 e. The van der Waals surface area contributed by atoms with Crippen molar-refractivity contribution in [1.29, 1.82) is 0 Å². The number of nitrogens with zero attached hydrogens (tertiary/aromatic N) is 1. The number of hydrogen-bond acceptors (Lipinski definition) is 1. The van der Waals surface area contributed by atoms with E-state index in [1.165, 1.54) is 65.6 Å². The van der Waals surface area contributed by atoms with Crippen molar-refractivity contribution in [3.63, 3.8) is 0 Å². The summed E-state index contributed by atoms with van der Waals surface area (Å²) in [6.07, 6.45) is 0. The SMILES string of the molecule is c1ccc(-c2ccc3ccccc3c2N(c2ccc3ccccc3c2)c2cc3ccccc3c3ccccc23)cc1. The third-order valence-electron chi connectivity index (χ3n) is 8.19. The van der Waals surface area contributed by atoms with Gasteiger partial charge in [-0.2, -0.15) is 0 Å². The van der Waals surface area contributed by atoms with E-state index in [0.29, 0.717) is 0 Å². The van der Waals surface area contributed by atoms with Crippen LogP contribution in [0.2, 0.25) is 0 Å². The van der Waals surface area contributed by atoms with Crippen LogP contribution in [0.4, 0.5) is 17.1 Å². The summed E-state index contributed by atoms with van der Waals surface area (Å²) in [5.41, 5.74) is 5.89. The Morgan fingerprint density at radius 1 is 0.341 bits per heavy atom. The van der Waals surface area contributed by atoms with Crippen LogP contribution in [0.1, 0.15) is 0 Å². The molecule has 0 bridgehead atoms. The molecule has 0 aliphatic rings. The molecule has 0 aliphatic heterocycles. The van der Waals surface area contributed by atoms with Crippen LogP contribution in [-0.2, 0) is 0 Å². The summed E-state index contributed by atoms with van der Waals surface area (Å²) >= 11 is 0. The molecule has 8 aromatic rings. The average molecular weight is 522 g/mol. The van der Waals surface area contributed by atoms with E-state index in [4.69, 9.17) is 0 Å². The predicted molar refractivity (Wildman–Crippen MR) is 177 cm³/mol. The van der Waals surface area contributed by atoms with E-state index in [1.807, 2.05) is 0 Å². The Morgan fingerprint density at radius 3 is 1.73 bits per heavy atom. The summed E-state index contributed by atoms with van der Waals surface area (Å²) in [6.45, 7) is 0. The van der Waals surface area contributed by atoms with E-state index in [0.717, 1.165) is 5.69 Å². The molecule has 0 spiro atoms. The fourth-order valence-electron chi connectivity index (χ4n) is 6.27. The van der Waals surface area contributed by atoms with Gasteiger partial charge in [-0.3, -0.25) is 0 Å². The maximum atomic E-state index is 2.49. The topological polar surface area (TPSA) is 3.24 Å². The highest BCUT2D eigenvalue weighted by atomic mass is 15.1. The van der Waals surface area contributed by atoms with Gasteiger partial charge in [-0.05, 0) is 56.1 Å². The van der Waals surface area contributed by atoms with Crippen LogP contribution in [0.5, 0.6) is 0 Å². The molecule has 8 aromatic carbocycles. The first-order chi connectivity index (χ1) is 20.3. The van der Waals surface area contributed by atoms with Crippen molar-refractivity contribution in [3.8, 4) is 11.1 Å². The van der Waals surface area contributed by atoms with Gasteiger partial charge in [0.05, 0.1) is 11.4 Å². The van der Waals surface area contributed by atoms with Crippen molar-refractivity contribution in [2.75, 3.05) is 4.90 Å². The molecule has 0 atom stereocenters. The lowest BCUT2D eigenvalue weighted by Crippen LogP contribution is -2.12. The number of fused-ring (bicyclic) bond motifs is 5. The molecule has 0 saturated heterocycles. The average Bonchev–Trinajstić information content (AvgIpc) is 3.05. The minimum Gasteiger partial charge on any atom is -0.309 e. The molecule has 0 amide bonds. The molecule has 1 heteroatoms. The third kappa shape index (κ3) is 3.94. The third-order valence-corrected chi connectivity index (χ3v) is 8.19. The molecule has 192 valence electrons. The van der Waals surface area contributed by atoms with Crippen molar-refractivity contribution in [2.24, 2.45) is 0 Å². The lowest BCUT2D eigenvalue weighted by molar-refractivity contribution is 1.32. The Kier molecular flexibility index (Phi) is 5.53. The van der Waals surface area contributed by atoms with Crippen LogP contribution in [0, 0.1) is 0 Å². The smallest absolute Gasteiger partial charge is 0.0618 e. The van der Waals surface area contributed by atoms with Crippen LogP contribution >= 0.6 is 0 Å². The fraction of sp³-hybridized carbons (Fsp3) is 0. The molecule has 0 aromatic heterocycles. The molecule has 0 aliphatic carbocycles. The van der Waals surface area contributed by atoms with Crippen molar-refractivity contribution in [3.05, 3.63) is 164 Å². The highest BCUT2D eigenvalue weighted by molar-refractivity contribution is 6.17. The first-order valence-electron chi connectivity index (χ1n) is 14.1. The van der Waals surface area contributed by atoms with Crippen LogP contribution in [0.3, 0.4) is 0 Å². The molecule has 0 unspecified atom stereocenters. The Morgan fingerprint density at radius 2 is 0.927 bits per heavy atom. The first kappa shape index (κ1) is 23.5. The highest BCUT2D eigenvalue weighted by Gasteiger charge is 2.23. The lowest BCUT2D eigenvalue weighted by atomic mass is 9.94. The fourth-order valence-corrected chi connectivity index (χ4v) is 6.27. The summed E-state index contributed by atoms with van der Waals surface area (Å²) in [7, 11) is 0. The predicted octanol–water partition coefficient (Wildman–Crippen LogP) is 11.4. The summed E-state index contributed by atoms with van der Waals surface area (Å²) in [6, 6.07) is 59.4. The van der Waals surface area contributed by atoms with E-state index in [1.54, 1.807) is 0 Å². The summed E-state index contributed by atoms with van der Waals surface area (Å²) < 4.78 is 0. The minimum absolute atomic E-state index is 1.14. The molecule has 41 heavy (non-hydrogen) atoms. The molecular formula is C40H27N. The molecule has 1 nitrogen and oxygen atoms in total. The van der Waals surface area contributed by atoms with Gasteiger partial charge in [0.1, 0.15) is 0 Å². The van der Waals surface area contributed by atoms with Gasteiger partial charge in [-0.15, -0.1) is 0 Å². The van der Waals surface area contributed by atoms with Gasteiger partial charge in [-0.25, -0.2) is 0 Å². The second-order valence-electron chi connectivity index (χ2n) is 10.6. The van der Waals surface area contributed by atoms with Crippen molar-refractivity contribution < 1.29 is 0 Å². The zero-order valence-corrected chi connectivity index (χ0v) is 22.5. The minimum atomic E-state index is 1.14. The van der Waals surface area contributed by atoms with Gasteiger partial charge in [-0.1, -0.05) is 146 Å². The van der Waals surface area contributed by atoms with Crippen LogP contribution < -0.4 is 4.90 Å². The Labute approximate surface area is 239 Å². The van der Waals surface area contributed by atoms with Crippen molar-refractivity contribution >= 4 is 60.2 Å². The van der Waals surface area contributed by atoms with Gasteiger partial charge >= 0.3 is 0 Å². The largest absolute Gasteiger partial charge is 0.309 e. The van der Waals surface area contributed by atoms with Crippen LogP contribution in [0.25, 0.3) is 54.2 Å². The zero-order chi connectivity index (χ0) is 27.2. The number of rotatable bonds is 4. The molecule has 0 saturated carbocycles. The van der Waals surface area contributed by atoms with E-state index in [-0.39, 0.29) is 0 Å². The van der Waals surface area contributed by atoms with Crippen LogP contribution in [-0.4, -0.2) is 0 Å². The monoisotopic (exact) mass is 521 g/mol. The molecule has 0 N–H and O–H groups in total. The Bertz CT molecular complexity index is 2210. The van der Waals surface area contributed by atoms with Gasteiger partial charge in [0.15, 0.2) is 0 Å². The van der Waals surface area contributed by atoms with Gasteiger partial charge in [0, 0.05) is 22.0 Å². The van der Waals surface area contributed by atoms with Gasteiger partial charge in [0.25, 0.3) is 0 Å². The second kappa shape index (κ2) is 9.66. The second-order valence-corrected chi connectivity index (χ2v) is 10.6. The molecular weight excluding hydrogens is 494 g/mol. The zero-order valence-electron chi connectivity index (χ0n) is 22.5. The van der Waals surface area contributed by atoms with E-state index < -0.39 is 0 Å². The molecule has 8 rings (SSSR count). The van der Waals surface area contributed by atoms with Gasteiger partial charge in [0.2, 0.25) is 0 Å². The van der Waals surface area contributed by atoms with Crippen molar-refractivity contribution in [2.45, 2.75) is 0 Å². The van der Waals surface area contributed by atoms with Gasteiger partial charge < -0.3 is 4.90 Å². The number of benzene rings is 8. The molecule has 0 radical (unpaired) electrons. The number of anilines is 3. The van der Waals surface area contributed by atoms with E-state index in [9.17, 15) is 0 Å². The number of hydrogen-bond donors (Lipinski definition) is 0. The first-order valence-corrected chi connectivity index (χ1v) is 14.1. The Hall–Kier alpha value is -5.40. The maximum absolute atomic E-state index is 2.49. The standard InChI is InChI=1S/C40H27N/c1-2-13-29(14-3-1)36-25-23-30-15-6-9-19-35(30)40(36)41(33-24-22-28-12-4-5-16-31(28)26-33)39-27-32-17-7-8-18-34(32)37-20-10-11-21-38(37)39/h1-27H. The quantitative estimate of drug-likeness (QED) is 0.208. The summed E-state index contributed by atoms with van der Waals surface area (Å²) in [5.74, 6) is 0. The normalized spacial score (nSPS) is 11.4. The molecule has 0 fully saturated rings. The Balaban J connectivity index is 1.55. The highest BCUT2D eigenvalue weighted by Crippen LogP contribution is 2.48. The van der Waals surface area contributed by atoms with Crippen LogP contribution in [0.15, 0.2) is 164 Å². The molecule has 0 heterocycles. The van der Waals surface area contributed by atoms with E-state index >= 15 is 0 Å². The van der Waals surface area contributed by atoms with E-state index in [2.05, 4.69) is 169 Å². The summed E-state index contributed by atoms with van der Waals surface area (Å²) in [5, 5.41) is 9.89.